The van der Waals surface area contributed by atoms with Crippen LogP contribution < -0.4 is 5.32 Å². The molecule has 0 saturated carbocycles. The van der Waals surface area contributed by atoms with Gasteiger partial charge in [-0.2, -0.15) is 0 Å². The van der Waals surface area contributed by atoms with Crippen LogP contribution in [0.4, 0.5) is 13.2 Å². The summed E-state index contributed by atoms with van der Waals surface area (Å²) in [6.45, 7) is 2.25. The maximum atomic E-state index is 14.1. The fourth-order valence-electron chi connectivity index (χ4n) is 2.09. The average Bonchev–Trinajstić information content (AvgIpc) is 2.43. The second-order valence-electron chi connectivity index (χ2n) is 4.44. The molecule has 0 spiro atoms. The lowest BCUT2D eigenvalue weighted by Gasteiger charge is -2.20. The molecule has 2 aromatic rings. The average molecular weight is 379 g/mol. The molecule has 2 rings (SSSR count). The van der Waals surface area contributed by atoms with E-state index >= 15 is 0 Å². The highest BCUT2D eigenvalue weighted by Gasteiger charge is 2.22. The van der Waals surface area contributed by atoms with Gasteiger partial charge in [0.1, 0.15) is 17.5 Å². The molecule has 2 aromatic carbocycles. The van der Waals surface area contributed by atoms with Gasteiger partial charge < -0.3 is 5.32 Å². The molecule has 1 nitrogen and oxygen atoms in total. The van der Waals surface area contributed by atoms with Crippen molar-refractivity contribution in [1.82, 2.24) is 5.32 Å². The van der Waals surface area contributed by atoms with Crippen LogP contribution in [0, 0.1) is 17.5 Å². The SMILES string of the molecule is CCNC(c1cc(Cl)ccc1F)c1cc(F)c(Br)cc1F. The number of benzene rings is 2. The minimum atomic E-state index is -0.823. The number of halogens is 5. The fourth-order valence-corrected chi connectivity index (χ4v) is 2.58. The fraction of sp³-hybridized carbons (Fsp3) is 0.200. The second kappa shape index (κ2) is 6.81. The first-order chi connectivity index (χ1) is 9.93. The molecule has 0 bridgehead atoms. The smallest absolute Gasteiger partial charge is 0.137 e. The Bertz CT molecular complexity index is 664. The Balaban J connectivity index is 2.58. The zero-order valence-electron chi connectivity index (χ0n) is 11.1. The van der Waals surface area contributed by atoms with Crippen LogP contribution in [0.25, 0.3) is 0 Å². The normalized spacial score (nSPS) is 12.5. The summed E-state index contributed by atoms with van der Waals surface area (Å²) in [6, 6.07) is 5.27. The summed E-state index contributed by atoms with van der Waals surface area (Å²) in [5.74, 6) is -1.78. The van der Waals surface area contributed by atoms with E-state index in [9.17, 15) is 13.2 Å². The number of rotatable bonds is 4. The van der Waals surface area contributed by atoms with Gasteiger partial charge in [-0.05, 0) is 52.8 Å². The van der Waals surface area contributed by atoms with E-state index in [1.165, 1.54) is 18.2 Å². The van der Waals surface area contributed by atoms with Crippen molar-refractivity contribution in [2.45, 2.75) is 13.0 Å². The number of nitrogens with one attached hydrogen (secondary N) is 1. The Hall–Kier alpha value is -1.04. The second-order valence-corrected chi connectivity index (χ2v) is 5.74. The Kier molecular flexibility index (Phi) is 5.30. The monoisotopic (exact) mass is 377 g/mol. The summed E-state index contributed by atoms with van der Waals surface area (Å²) in [5.41, 5.74) is 0.198. The van der Waals surface area contributed by atoms with Crippen molar-refractivity contribution in [1.29, 1.82) is 0 Å². The molecular weight excluding hydrogens is 367 g/mol. The third kappa shape index (κ3) is 3.59. The summed E-state index contributed by atoms with van der Waals surface area (Å²) in [4.78, 5) is 0. The third-order valence-corrected chi connectivity index (χ3v) is 3.87. The summed E-state index contributed by atoms with van der Waals surface area (Å²) >= 11 is 8.80. The molecule has 112 valence electrons. The molecule has 1 N–H and O–H groups in total. The van der Waals surface area contributed by atoms with Gasteiger partial charge in [0.05, 0.1) is 10.5 Å². The minimum Gasteiger partial charge on any atom is -0.306 e. The van der Waals surface area contributed by atoms with Gasteiger partial charge in [-0.15, -0.1) is 0 Å². The lowest BCUT2D eigenvalue weighted by molar-refractivity contribution is 0.521. The summed E-state index contributed by atoms with van der Waals surface area (Å²) in [7, 11) is 0. The van der Waals surface area contributed by atoms with Gasteiger partial charge in [-0.3, -0.25) is 0 Å². The van der Waals surface area contributed by atoms with Crippen LogP contribution in [0.3, 0.4) is 0 Å². The molecule has 0 saturated heterocycles. The number of hydrogen-bond acceptors (Lipinski definition) is 1. The van der Waals surface area contributed by atoms with Crippen LogP contribution in [0.2, 0.25) is 5.02 Å². The van der Waals surface area contributed by atoms with Crippen molar-refractivity contribution >= 4 is 27.5 Å². The molecule has 0 heterocycles. The molecule has 21 heavy (non-hydrogen) atoms. The lowest BCUT2D eigenvalue weighted by Crippen LogP contribution is -2.24. The van der Waals surface area contributed by atoms with Gasteiger partial charge in [0.15, 0.2) is 0 Å². The maximum Gasteiger partial charge on any atom is 0.137 e. The zero-order chi connectivity index (χ0) is 15.6. The summed E-state index contributed by atoms with van der Waals surface area (Å²) in [6.07, 6.45) is 0. The van der Waals surface area contributed by atoms with Gasteiger partial charge in [-0.25, -0.2) is 13.2 Å². The first kappa shape index (κ1) is 16.3. The van der Waals surface area contributed by atoms with E-state index in [4.69, 9.17) is 11.6 Å². The van der Waals surface area contributed by atoms with Crippen LogP contribution in [-0.2, 0) is 0 Å². The van der Waals surface area contributed by atoms with Crippen LogP contribution in [-0.4, -0.2) is 6.54 Å². The topological polar surface area (TPSA) is 12.0 Å². The van der Waals surface area contributed by atoms with Crippen molar-refractivity contribution in [3.63, 3.8) is 0 Å². The highest BCUT2D eigenvalue weighted by molar-refractivity contribution is 9.10. The van der Waals surface area contributed by atoms with Gasteiger partial charge in [-0.1, -0.05) is 18.5 Å². The predicted octanol–water partition coefficient (Wildman–Crippen LogP) is 5.22. The molecule has 0 fully saturated rings. The Labute approximate surface area is 134 Å². The van der Waals surface area contributed by atoms with Crippen molar-refractivity contribution < 1.29 is 13.2 Å². The molecule has 0 aromatic heterocycles. The van der Waals surface area contributed by atoms with Crippen molar-refractivity contribution in [3.05, 3.63) is 68.4 Å². The van der Waals surface area contributed by atoms with Crippen LogP contribution in [0.15, 0.2) is 34.8 Å². The molecule has 0 amide bonds. The standard InChI is InChI=1S/C15H12BrClF3N/c1-2-21-15(9-5-8(17)3-4-12(9)18)10-6-14(20)11(16)7-13(10)19/h3-7,15,21H,2H2,1H3. The van der Waals surface area contributed by atoms with E-state index in [-0.39, 0.29) is 15.6 Å². The van der Waals surface area contributed by atoms with Crippen LogP contribution in [0.5, 0.6) is 0 Å². The molecule has 0 aliphatic carbocycles. The lowest BCUT2D eigenvalue weighted by atomic mass is 9.97. The van der Waals surface area contributed by atoms with E-state index < -0.39 is 23.5 Å². The van der Waals surface area contributed by atoms with Crippen molar-refractivity contribution in [2.24, 2.45) is 0 Å². The maximum absolute atomic E-state index is 14.1. The molecule has 1 atom stereocenters. The quantitative estimate of drug-likeness (QED) is 0.719. The van der Waals surface area contributed by atoms with E-state index in [2.05, 4.69) is 21.2 Å². The highest BCUT2D eigenvalue weighted by atomic mass is 79.9. The van der Waals surface area contributed by atoms with Crippen molar-refractivity contribution in [2.75, 3.05) is 6.54 Å². The molecule has 1 unspecified atom stereocenters. The summed E-state index contributed by atoms with van der Waals surface area (Å²) < 4.78 is 41.9. The van der Waals surface area contributed by atoms with E-state index in [0.29, 0.717) is 11.6 Å². The van der Waals surface area contributed by atoms with Gasteiger partial charge in [0.25, 0.3) is 0 Å². The van der Waals surface area contributed by atoms with Crippen molar-refractivity contribution in [3.8, 4) is 0 Å². The molecule has 0 aliphatic heterocycles. The Morgan fingerprint density at radius 2 is 1.71 bits per heavy atom. The first-order valence-corrected chi connectivity index (χ1v) is 7.44. The molecule has 0 radical (unpaired) electrons. The van der Waals surface area contributed by atoms with Gasteiger partial charge >= 0.3 is 0 Å². The van der Waals surface area contributed by atoms with E-state index in [0.717, 1.165) is 12.1 Å². The van der Waals surface area contributed by atoms with Gasteiger partial charge in [0.2, 0.25) is 0 Å². The van der Waals surface area contributed by atoms with Crippen LogP contribution >= 0.6 is 27.5 Å². The first-order valence-electron chi connectivity index (χ1n) is 6.26. The van der Waals surface area contributed by atoms with E-state index in [1.54, 1.807) is 6.92 Å². The molecule has 0 aliphatic rings. The number of hydrogen-bond donors (Lipinski definition) is 1. The minimum absolute atomic E-state index is 0.0190. The highest BCUT2D eigenvalue weighted by Crippen LogP contribution is 2.31. The largest absolute Gasteiger partial charge is 0.306 e. The predicted molar refractivity (Wildman–Crippen MR) is 81.0 cm³/mol. The van der Waals surface area contributed by atoms with Crippen LogP contribution in [0.1, 0.15) is 24.1 Å². The Morgan fingerprint density at radius 1 is 1.05 bits per heavy atom. The van der Waals surface area contributed by atoms with Gasteiger partial charge in [0, 0.05) is 16.1 Å². The molecular formula is C15H12BrClF3N. The molecule has 6 heteroatoms. The zero-order valence-corrected chi connectivity index (χ0v) is 13.4. The Morgan fingerprint density at radius 3 is 2.38 bits per heavy atom. The third-order valence-electron chi connectivity index (χ3n) is 3.03. The van der Waals surface area contributed by atoms with E-state index in [1.807, 2.05) is 0 Å². The summed E-state index contributed by atoms with van der Waals surface area (Å²) in [5, 5.41) is 3.28.